The summed E-state index contributed by atoms with van der Waals surface area (Å²) in [5.74, 6) is -1.54. The number of halogens is 2. The molecule has 6 nitrogen and oxygen atoms in total. The lowest BCUT2D eigenvalue weighted by atomic mass is 9.93. The molecule has 2 N–H and O–H groups in total. The van der Waals surface area contributed by atoms with E-state index in [2.05, 4.69) is 5.32 Å². The van der Waals surface area contributed by atoms with Crippen LogP contribution in [0.25, 0.3) is 5.57 Å². The molecule has 0 aliphatic heterocycles. The minimum absolute atomic E-state index is 0.0318. The van der Waals surface area contributed by atoms with Crippen LogP contribution in [0.2, 0.25) is 5.02 Å². The fraction of sp³-hybridized carbons (Fsp3) is 0.152. The van der Waals surface area contributed by atoms with Crippen molar-refractivity contribution in [3.8, 4) is 5.75 Å². The lowest BCUT2D eigenvalue weighted by molar-refractivity contribution is 0.0696. The Morgan fingerprint density at radius 2 is 1.51 bits per heavy atom. The van der Waals surface area contributed by atoms with Crippen molar-refractivity contribution in [3.05, 3.63) is 124 Å². The number of alkyl halides is 1. The molecule has 4 aromatic carbocycles. The Morgan fingerprint density at radius 3 is 2.12 bits per heavy atom. The number of carboxylic acids is 1. The van der Waals surface area contributed by atoms with Gasteiger partial charge in [-0.3, -0.25) is 4.79 Å². The number of carbonyl (C=O) groups is 2. The van der Waals surface area contributed by atoms with E-state index in [0.29, 0.717) is 17.0 Å². The molecule has 1 unspecified atom stereocenters. The lowest BCUT2D eigenvalue weighted by Crippen LogP contribution is -2.15. The second-order valence-electron chi connectivity index (χ2n) is 9.32. The van der Waals surface area contributed by atoms with Crippen LogP contribution in [0, 0.1) is 0 Å². The topological polar surface area (TPSA) is 78.9 Å². The molecule has 0 spiro atoms. The smallest absolute Gasteiger partial charge is 0.335 e. The maximum Gasteiger partial charge on any atom is 0.335 e. The van der Waals surface area contributed by atoms with E-state index in [0.717, 1.165) is 22.5 Å². The quantitative estimate of drug-likeness (QED) is 0.199. The van der Waals surface area contributed by atoms with E-state index in [9.17, 15) is 19.1 Å². The second-order valence-corrected chi connectivity index (χ2v) is 9.76. The van der Waals surface area contributed by atoms with Crippen molar-refractivity contribution in [1.29, 1.82) is 0 Å². The molecule has 0 radical (unpaired) electrons. The Labute approximate surface area is 243 Å². The maximum absolute atomic E-state index is 13.5. The van der Waals surface area contributed by atoms with E-state index >= 15 is 0 Å². The zero-order valence-electron chi connectivity index (χ0n) is 22.9. The number of benzene rings is 4. The Kier molecular flexibility index (Phi) is 9.42. The molecule has 0 saturated carbocycles. The minimum atomic E-state index is -1.57. The number of nitrogens with one attached hydrogen (secondary N) is 1. The highest BCUT2D eigenvalue weighted by Gasteiger charge is 2.17. The van der Waals surface area contributed by atoms with Gasteiger partial charge in [-0.15, -0.1) is 0 Å². The molecule has 0 aliphatic carbocycles. The van der Waals surface area contributed by atoms with Gasteiger partial charge in [-0.1, -0.05) is 48.9 Å². The molecule has 0 aromatic heterocycles. The molecule has 41 heavy (non-hydrogen) atoms. The number of carboxylic acid groups (broad SMARTS) is 1. The first-order valence-corrected chi connectivity index (χ1v) is 13.4. The summed E-state index contributed by atoms with van der Waals surface area (Å²) in [6.07, 6.45) is 1.10. The number of amides is 1. The molecule has 0 bridgehead atoms. The zero-order valence-corrected chi connectivity index (χ0v) is 23.7. The Morgan fingerprint density at radius 1 is 0.927 bits per heavy atom. The molecule has 0 heterocycles. The van der Waals surface area contributed by atoms with Crippen molar-refractivity contribution in [2.24, 2.45) is 0 Å². The molecule has 8 heteroatoms. The molecule has 1 atom stereocenters. The van der Waals surface area contributed by atoms with Crippen molar-refractivity contribution in [1.82, 2.24) is 0 Å². The van der Waals surface area contributed by atoms with Gasteiger partial charge < -0.3 is 20.1 Å². The third-order valence-corrected chi connectivity index (χ3v) is 6.62. The average Bonchev–Trinajstić information content (AvgIpc) is 2.96. The molecule has 4 aromatic rings. The number of hydrogen-bond acceptors (Lipinski definition) is 4. The van der Waals surface area contributed by atoms with E-state index in [1.807, 2.05) is 73.5 Å². The second kappa shape index (κ2) is 13.2. The maximum atomic E-state index is 13.5. The predicted molar refractivity (Wildman–Crippen MR) is 162 cm³/mol. The normalized spacial score (nSPS) is 12.0. The number of ether oxygens (including phenoxy) is 1. The number of allylic oxidation sites excluding steroid dienone is 1. The van der Waals surface area contributed by atoms with Crippen molar-refractivity contribution in [2.45, 2.75) is 26.6 Å². The van der Waals surface area contributed by atoms with Crippen molar-refractivity contribution < 1.29 is 23.8 Å². The molecule has 0 fully saturated rings. The highest BCUT2D eigenvalue weighted by Crippen LogP contribution is 2.31. The first kappa shape index (κ1) is 29.4. The van der Waals surface area contributed by atoms with Gasteiger partial charge in [0.2, 0.25) is 6.36 Å². The summed E-state index contributed by atoms with van der Waals surface area (Å²) in [5.41, 5.74) is 4.55. The van der Waals surface area contributed by atoms with Crippen LogP contribution >= 0.6 is 11.6 Å². The van der Waals surface area contributed by atoms with Crippen LogP contribution in [0.15, 0.2) is 97.1 Å². The summed E-state index contributed by atoms with van der Waals surface area (Å²) < 4.78 is 18.7. The summed E-state index contributed by atoms with van der Waals surface area (Å²) in [5, 5.41) is 13.2. The van der Waals surface area contributed by atoms with E-state index in [1.54, 1.807) is 36.4 Å². The fourth-order valence-electron chi connectivity index (χ4n) is 4.36. The summed E-state index contributed by atoms with van der Waals surface area (Å²) >= 11 is 6.03. The van der Waals surface area contributed by atoms with E-state index < -0.39 is 18.2 Å². The lowest BCUT2D eigenvalue weighted by Gasteiger charge is -2.20. The van der Waals surface area contributed by atoms with Crippen LogP contribution in [0.1, 0.15) is 52.1 Å². The summed E-state index contributed by atoms with van der Waals surface area (Å²) in [7, 11) is 1.96. The van der Waals surface area contributed by atoms with Crippen LogP contribution in [0.5, 0.6) is 5.75 Å². The van der Waals surface area contributed by atoms with Gasteiger partial charge in [0.1, 0.15) is 5.75 Å². The monoisotopic (exact) mass is 572 g/mol. The fourth-order valence-corrected chi connectivity index (χ4v) is 4.49. The number of nitrogens with zero attached hydrogens (tertiary/aromatic N) is 1. The molecule has 0 aliphatic rings. The Bertz CT molecular complexity index is 1570. The number of anilines is 3. The number of aromatic carboxylic acids is 1. The summed E-state index contributed by atoms with van der Waals surface area (Å²) in [4.78, 5) is 27.3. The standard InChI is InChI=1S/C33H30ClFN2O4/c1-4-7-29(22-10-14-27(15-11-22)37(3)28-16-12-26(34)13-17-28)23-18-24(20-25(19-23)33(39)40)32(38)36-30-8-5-6-9-31(30)41-21(2)35/h5-21H,4H2,1-3H3,(H,36,38)(H,39,40)/b29-7-. The third-order valence-electron chi connectivity index (χ3n) is 6.37. The van der Waals surface area contributed by atoms with Gasteiger partial charge in [-0.25, -0.2) is 9.18 Å². The van der Waals surface area contributed by atoms with Gasteiger partial charge in [0.25, 0.3) is 5.91 Å². The van der Waals surface area contributed by atoms with Gasteiger partial charge in [0.05, 0.1) is 11.3 Å². The zero-order chi connectivity index (χ0) is 29.5. The van der Waals surface area contributed by atoms with Crippen molar-refractivity contribution >= 4 is 46.1 Å². The van der Waals surface area contributed by atoms with Crippen LogP contribution in [0.3, 0.4) is 0 Å². The summed E-state index contributed by atoms with van der Waals surface area (Å²) in [6, 6.07) is 26.4. The minimum Gasteiger partial charge on any atom is -0.478 e. The molecule has 210 valence electrons. The van der Waals surface area contributed by atoms with Crippen LogP contribution in [-0.2, 0) is 0 Å². The van der Waals surface area contributed by atoms with E-state index in [4.69, 9.17) is 16.3 Å². The number of rotatable bonds is 10. The van der Waals surface area contributed by atoms with Crippen LogP contribution in [0.4, 0.5) is 21.5 Å². The highest BCUT2D eigenvalue weighted by atomic mass is 35.5. The van der Waals surface area contributed by atoms with Crippen molar-refractivity contribution in [2.75, 3.05) is 17.3 Å². The van der Waals surface area contributed by atoms with Crippen LogP contribution < -0.4 is 15.0 Å². The molecule has 4 rings (SSSR count). The number of hydrogen-bond donors (Lipinski definition) is 2. The molecule has 1 amide bonds. The Hall–Kier alpha value is -4.62. The molecule has 0 saturated heterocycles. The van der Waals surface area contributed by atoms with Gasteiger partial charge >= 0.3 is 5.97 Å². The highest BCUT2D eigenvalue weighted by molar-refractivity contribution is 6.30. The number of para-hydroxylation sites is 2. The third kappa shape index (κ3) is 7.32. The molecular weight excluding hydrogens is 543 g/mol. The van der Waals surface area contributed by atoms with E-state index in [1.165, 1.54) is 13.0 Å². The van der Waals surface area contributed by atoms with E-state index in [-0.39, 0.29) is 22.6 Å². The Balaban J connectivity index is 1.67. The number of carbonyl (C=O) groups excluding carboxylic acids is 1. The van der Waals surface area contributed by atoms with Gasteiger partial charge in [-0.05, 0) is 89.9 Å². The first-order chi connectivity index (χ1) is 19.7. The summed E-state index contributed by atoms with van der Waals surface area (Å²) in [6.45, 7) is 3.23. The first-order valence-electron chi connectivity index (χ1n) is 13.1. The van der Waals surface area contributed by atoms with Gasteiger partial charge in [0.15, 0.2) is 0 Å². The van der Waals surface area contributed by atoms with Crippen LogP contribution in [-0.4, -0.2) is 30.4 Å². The average molecular weight is 573 g/mol. The SMILES string of the molecule is CC/C=C(/c1ccc(N(C)c2ccc(Cl)cc2)cc1)c1cc(C(=O)O)cc(C(=O)Nc2ccccc2OC(C)F)c1. The largest absolute Gasteiger partial charge is 0.478 e. The van der Waals surface area contributed by atoms with Gasteiger partial charge in [0, 0.05) is 35.9 Å². The van der Waals surface area contributed by atoms with Gasteiger partial charge in [-0.2, -0.15) is 0 Å². The molecular formula is C33H30ClFN2O4. The van der Waals surface area contributed by atoms with Crippen molar-refractivity contribution in [3.63, 3.8) is 0 Å². The predicted octanol–water partition coefficient (Wildman–Crippen LogP) is 8.59.